The molecule has 2 fully saturated rings. The van der Waals surface area contributed by atoms with Crippen LogP contribution in [0.4, 0.5) is 0 Å². The van der Waals surface area contributed by atoms with Crippen molar-refractivity contribution < 1.29 is 34.3 Å². The molecule has 0 saturated carbocycles. The van der Waals surface area contributed by atoms with Gasteiger partial charge in [0.05, 0.1) is 23.0 Å². The number of imide groups is 1. The number of carbonyl (C=O) groups excluding carboxylic acids is 2. The molecule has 4 rings (SSSR count). The maximum absolute atomic E-state index is 13.6. The molecule has 0 aromatic heterocycles. The van der Waals surface area contributed by atoms with Gasteiger partial charge >= 0.3 is 13.1 Å². The van der Waals surface area contributed by atoms with Crippen molar-refractivity contribution in [1.82, 2.24) is 4.90 Å². The Balaban J connectivity index is 1.52. The van der Waals surface area contributed by atoms with Crippen LogP contribution in [0.3, 0.4) is 0 Å². The summed E-state index contributed by atoms with van der Waals surface area (Å²) in [6.07, 6.45) is 5.52. The molecule has 40 heavy (non-hydrogen) atoms. The number of unbranched alkanes of at least 4 members (excludes halogenated alkanes) is 2. The van der Waals surface area contributed by atoms with E-state index in [1.807, 2.05) is 13.0 Å². The number of hydrogen-bond donors (Lipinski definition) is 3. The summed E-state index contributed by atoms with van der Waals surface area (Å²) in [5, 5.41) is 29.7. The zero-order valence-corrected chi connectivity index (χ0v) is 24.2. The molecule has 1 aromatic rings. The minimum atomic E-state index is -1.02. The van der Waals surface area contributed by atoms with E-state index in [0.717, 1.165) is 22.3 Å². The van der Waals surface area contributed by atoms with Gasteiger partial charge < -0.3 is 19.9 Å². The molecular formula is C30H39BClNO7. The van der Waals surface area contributed by atoms with Crippen molar-refractivity contribution in [2.75, 3.05) is 6.54 Å². The van der Waals surface area contributed by atoms with E-state index < -0.39 is 24.9 Å². The molecule has 0 unspecified atom stereocenters. The van der Waals surface area contributed by atoms with E-state index in [4.69, 9.17) is 21.4 Å². The Morgan fingerprint density at radius 2 is 1.93 bits per heavy atom. The molecule has 2 aliphatic heterocycles. The molecule has 2 amide bonds. The third-order valence-corrected chi connectivity index (χ3v) is 8.82. The van der Waals surface area contributed by atoms with Gasteiger partial charge in [-0.05, 0) is 86.5 Å². The number of likely N-dealkylation sites (tertiary alicyclic amines) is 1. The number of hydrogen-bond acceptors (Lipinski definition) is 6. The maximum Gasteiger partial charge on any atom is 0.455 e. The van der Waals surface area contributed by atoms with E-state index >= 15 is 0 Å². The number of phenols is 1. The molecule has 2 heterocycles. The number of amides is 2. The summed E-state index contributed by atoms with van der Waals surface area (Å²) in [5.41, 5.74) is 4.09. The van der Waals surface area contributed by atoms with Gasteiger partial charge in [0.15, 0.2) is 0 Å². The molecule has 4 atom stereocenters. The molecule has 8 nitrogen and oxygen atoms in total. The zero-order valence-electron chi connectivity index (χ0n) is 23.4. The van der Waals surface area contributed by atoms with E-state index in [-0.39, 0.29) is 48.2 Å². The molecule has 0 spiro atoms. The van der Waals surface area contributed by atoms with Crippen LogP contribution in [0.1, 0.15) is 71.3 Å². The van der Waals surface area contributed by atoms with Gasteiger partial charge in [0, 0.05) is 13.0 Å². The lowest BCUT2D eigenvalue weighted by atomic mass is 9.57. The first-order valence-electron chi connectivity index (χ1n) is 14.3. The number of carboxylic acid groups (broad SMARTS) is 1. The third-order valence-electron chi connectivity index (χ3n) is 8.49. The predicted molar refractivity (Wildman–Crippen MR) is 153 cm³/mol. The second-order valence-electron chi connectivity index (χ2n) is 11.7. The Kier molecular flexibility index (Phi) is 9.80. The van der Waals surface area contributed by atoms with Crippen LogP contribution in [0.15, 0.2) is 34.9 Å². The number of halogens is 1. The van der Waals surface area contributed by atoms with Crippen LogP contribution in [-0.2, 0) is 19.0 Å². The van der Waals surface area contributed by atoms with Gasteiger partial charge in [-0.3, -0.25) is 19.3 Å². The molecule has 0 bridgehead atoms. The van der Waals surface area contributed by atoms with Gasteiger partial charge in [0.25, 0.3) is 0 Å². The van der Waals surface area contributed by atoms with Crippen LogP contribution >= 0.6 is 11.6 Å². The first-order valence-corrected chi connectivity index (χ1v) is 14.6. The number of aromatic hydroxyl groups is 1. The lowest BCUT2D eigenvalue weighted by Gasteiger charge is -2.44. The SMILES string of the molecule is C/C(=C\c1ccc(O)cc1Cl)CC[C@H]1OB(O)C[C@H]2C1=C(C(C)C)C[C@H]1C(=O)N(CCCCCC(=O)O)C(=O)[C@H]12. The minimum absolute atomic E-state index is 0.0795. The highest BCUT2D eigenvalue weighted by Crippen LogP contribution is 2.52. The fraction of sp³-hybridized carbons (Fsp3) is 0.567. The molecule has 3 aliphatic rings. The molecule has 2 saturated heterocycles. The van der Waals surface area contributed by atoms with Crippen molar-refractivity contribution in [3.63, 3.8) is 0 Å². The highest BCUT2D eigenvalue weighted by atomic mass is 35.5. The number of benzene rings is 1. The van der Waals surface area contributed by atoms with Gasteiger partial charge in [0.2, 0.25) is 11.8 Å². The van der Waals surface area contributed by atoms with Gasteiger partial charge in [-0.25, -0.2) is 0 Å². The lowest BCUT2D eigenvalue weighted by Crippen LogP contribution is -2.46. The van der Waals surface area contributed by atoms with Crippen LogP contribution in [0.5, 0.6) is 5.75 Å². The first kappa shape index (κ1) is 30.3. The van der Waals surface area contributed by atoms with Crippen LogP contribution in [0.2, 0.25) is 11.3 Å². The van der Waals surface area contributed by atoms with Crippen LogP contribution in [0, 0.1) is 23.7 Å². The van der Waals surface area contributed by atoms with Crippen molar-refractivity contribution in [2.24, 2.45) is 23.7 Å². The van der Waals surface area contributed by atoms with E-state index in [1.54, 1.807) is 12.1 Å². The highest BCUT2D eigenvalue weighted by molar-refractivity contribution is 6.43. The molecule has 216 valence electrons. The number of phenolic OH excluding ortho intramolecular Hbond substituents is 1. The van der Waals surface area contributed by atoms with Crippen molar-refractivity contribution >= 4 is 42.6 Å². The Morgan fingerprint density at radius 3 is 2.60 bits per heavy atom. The largest absolute Gasteiger partial charge is 0.508 e. The molecule has 1 aliphatic carbocycles. The molecule has 0 radical (unpaired) electrons. The number of carboxylic acids is 1. The third kappa shape index (κ3) is 6.64. The normalized spacial score (nSPS) is 25.1. The summed E-state index contributed by atoms with van der Waals surface area (Å²) in [5.74, 6) is -2.08. The van der Waals surface area contributed by atoms with E-state index in [2.05, 4.69) is 13.8 Å². The lowest BCUT2D eigenvalue weighted by molar-refractivity contribution is -0.141. The minimum Gasteiger partial charge on any atom is -0.508 e. The van der Waals surface area contributed by atoms with E-state index in [0.29, 0.717) is 50.1 Å². The van der Waals surface area contributed by atoms with Gasteiger partial charge in [0.1, 0.15) is 5.75 Å². The van der Waals surface area contributed by atoms with Crippen molar-refractivity contribution in [3.8, 4) is 5.75 Å². The second-order valence-corrected chi connectivity index (χ2v) is 12.1. The van der Waals surface area contributed by atoms with E-state index in [1.165, 1.54) is 11.0 Å². The smallest absolute Gasteiger partial charge is 0.455 e. The van der Waals surface area contributed by atoms with Crippen LogP contribution in [-0.4, -0.2) is 57.7 Å². The first-order chi connectivity index (χ1) is 19.0. The number of fused-ring (bicyclic) bond motifs is 3. The summed E-state index contributed by atoms with van der Waals surface area (Å²) in [6.45, 7) is 6.50. The fourth-order valence-electron chi connectivity index (χ4n) is 6.59. The van der Waals surface area contributed by atoms with Crippen molar-refractivity contribution in [1.29, 1.82) is 0 Å². The summed E-state index contributed by atoms with van der Waals surface area (Å²) in [4.78, 5) is 39.2. The number of nitrogens with zero attached hydrogens (tertiary/aromatic N) is 1. The highest BCUT2D eigenvalue weighted by Gasteiger charge is 2.57. The molecular weight excluding hydrogens is 533 g/mol. The zero-order chi connectivity index (χ0) is 29.1. The summed E-state index contributed by atoms with van der Waals surface area (Å²) in [6, 6.07) is 4.86. The average Bonchev–Trinajstić information content (AvgIpc) is 3.12. The average molecular weight is 572 g/mol. The molecule has 1 aromatic carbocycles. The van der Waals surface area contributed by atoms with Crippen molar-refractivity contribution in [3.05, 3.63) is 45.5 Å². The van der Waals surface area contributed by atoms with Gasteiger partial charge in [-0.15, -0.1) is 0 Å². The number of rotatable bonds is 11. The Hall–Kier alpha value is -2.62. The van der Waals surface area contributed by atoms with Gasteiger partial charge in [-0.2, -0.15) is 0 Å². The summed E-state index contributed by atoms with van der Waals surface area (Å²) >= 11 is 6.28. The van der Waals surface area contributed by atoms with Crippen molar-refractivity contribution in [2.45, 2.75) is 78.1 Å². The Bertz CT molecular complexity index is 1210. The van der Waals surface area contributed by atoms with Crippen LogP contribution < -0.4 is 0 Å². The van der Waals surface area contributed by atoms with Gasteiger partial charge in [-0.1, -0.05) is 49.1 Å². The molecule has 3 N–H and O–H groups in total. The maximum atomic E-state index is 13.6. The predicted octanol–water partition coefficient (Wildman–Crippen LogP) is 5.33. The number of aliphatic carboxylic acids is 1. The summed E-state index contributed by atoms with van der Waals surface area (Å²) < 4.78 is 6.08. The fourth-order valence-corrected chi connectivity index (χ4v) is 6.82. The summed E-state index contributed by atoms with van der Waals surface area (Å²) in [7, 11) is -1.02. The number of carbonyl (C=O) groups is 3. The Labute approximate surface area is 241 Å². The number of allylic oxidation sites excluding steroid dienone is 2. The van der Waals surface area contributed by atoms with Crippen LogP contribution in [0.25, 0.3) is 6.08 Å². The molecule has 10 heteroatoms. The topological polar surface area (TPSA) is 124 Å². The quantitative estimate of drug-likeness (QED) is 0.142. The second kappa shape index (κ2) is 12.9. The van der Waals surface area contributed by atoms with E-state index in [9.17, 15) is 24.5 Å². The standard InChI is InChI=1S/C30H39BClNO7/c1-17(2)21-15-22-28(30(38)33(29(22)37)12-6-4-5-7-26(35)36)23-16-31(39)40-25(27(21)23)11-8-18(3)13-19-9-10-20(34)14-24(19)32/h9-10,13-14,17,22-23,25,28,34,39H,4-8,11-12,15-16H2,1-3H3,(H,35,36)/b18-13+/t22-,23+,25-,28-/m1/s1. The Morgan fingerprint density at radius 1 is 1.18 bits per heavy atom. The monoisotopic (exact) mass is 571 g/mol.